The summed E-state index contributed by atoms with van der Waals surface area (Å²) < 4.78 is 0. The Morgan fingerprint density at radius 1 is 1.14 bits per heavy atom. The molecule has 1 N–H and O–H groups in total. The van der Waals surface area contributed by atoms with Crippen LogP contribution in [0.15, 0.2) is 18.2 Å². The van der Waals surface area contributed by atoms with Gasteiger partial charge in [-0.25, -0.2) is 9.97 Å². The fourth-order valence-electron chi connectivity index (χ4n) is 2.93. The van der Waals surface area contributed by atoms with Crippen molar-refractivity contribution in [2.75, 3.05) is 18.9 Å². The maximum Gasteiger partial charge on any atom is 0.264 e. The van der Waals surface area contributed by atoms with Gasteiger partial charge < -0.3 is 10.2 Å². The van der Waals surface area contributed by atoms with Crippen LogP contribution in [0.25, 0.3) is 10.2 Å². The Morgan fingerprint density at radius 2 is 1.79 bits per heavy atom. The molecule has 0 fully saturated rings. The van der Waals surface area contributed by atoms with E-state index in [0.717, 1.165) is 21.5 Å². The average molecular weight is 437 g/mol. The number of fused-ring (bicyclic) bond motifs is 1. The van der Waals surface area contributed by atoms with Crippen LogP contribution in [0.2, 0.25) is 10.0 Å². The number of aromatic nitrogens is 2. The van der Waals surface area contributed by atoms with Gasteiger partial charge in [-0.3, -0.25) is 9.59 Å². The molecule has 9 heteroatoms. The minimum atomic E-state index is -0.392. The summed E-state index contributed by atoms with van der Waals surface area (Å²) in [5.41, 5.74) is 1.99. The van der Waals surface area contributed by atoms with Gasteiger partial charge in [-0.1, -0.05) is 29.3 Å². The summed E-state index contributed by atoms with van der Waals surface area (Å²) >= 11 is 13.5. The van der Waals surface area contributed by atoms with E-state index >= 15 is 0 Å². The standard InChI is InChI=1S/C19H18Cl2N4O2S/c1-9-15-10(2)22-11(3)23-18(15)28-17(9)19(27)25(4)8-14(26)24-16-12(20)6-5-7-13(16)21/h5-7H,8H2,1-4H3,(H,24,26). The molecule has 0 bridgehead atoms. The van der Waals surface area contributed by atoms with Gasteiger partial charge in [0, 0.05) is 18.1 Å². The maximum atomic E-state index is 12.9. The van der Waals surface area contributed by atoms with Crippen molar-refractivity contribution in [2.24, 2.45) is 0 Å². The fourth-order valence-corrected chi connectivity index (χ4v) is 4.70. The molecule has 3 rings (SSSR count). The molecule has 0 aliphatic rings. The minimum absolute atomic E-state index is 0.141. The van der Waals surface area contributed by atoms with Gasteiger partial charge in [0.15, 0.2) is 0 Å². The first-order chi connectivity index (χ1) is 13.2. The van der Waals surface area contributed by atoms with E-state index in [2.05, 4.69) is 15.3 Å². The average Bonchev–Trinajstić information content (AvgIpc) is 2.94. The number of likely N-dealkylation sites (N-methyl/N-ethyl adjacent to an activating group) is 1. The van der Waals surface area contributed by atoms with Crippen LogP contribution in [-0.4, -0.2) is 40.3 Å². The van der Waals surface area contributed by atoms with Crippen LogP contribution in [0.4, 0.5) is 5.69 Å². The number of rotatable bonds is 4. The highest BCUT2D eigenvalue weighted by Crippen LogP contribution is 2.32. The van der Waals surface area contributed by atoms with E-state index in [1.807, 2.05) is 20.8 Å². The largest absolute Gasteiger partial charge is 0.332 e. The smallest absolute Gasteiger partial charge is 0.264 e. The van der Waals surface area contributed by atoms with Gasteiger partial charge in [-0.2, -0.15) is 0 Å². The van der Waals surface area contributed by atoms with E-state index in [1.165, 1.54) is 16.2 Å². The number of amides is 2. The van der Waals surface area contributed by atoms with Crippen LogP contribution in [0.5, 0.6) is 0 Å². The van der Waals surface area contributed by atoms with E-state index in [4.69, 9.17) is 23.2 Å². The summed E-state index contributed by atoms with van der Waals surface area (Å²) in [6, 6.07) is 4.94. The van der Waals surface area contributed by atoms with Crippen molar-refractivity contribution in [1.82, 2.24) is 14.9 Å². The number of nitrogens with one attached hydrogen (secondary N) is 1. The zero-order valence-electron chi connectivity index (χ0n) is 15.8. The Kier molecular flexibility index (Phi) is 5.88. The molecular formula is C19H18Cl2N4O2S. The van der Waals surface area contributed by atoms with E-state index in [-0.39, 0.29) is 12.5 Å². The fraction of sp³-hybridized carbons (Fsp3) is 0.263. The van der Waals surface area contributed by atoms with Gasteiger partial charge in [-0.05, 0) is 38.5 Å². The van der Waals surface area contributed by atoms with Gasteiger partial charge in [0.2, 0.25) is 5.91 Å². The van der Waals surface area contributed by atoms with Crippen molar-refractivity contribution in [3.63, 3.8) is 0 Å². The lowest BCUT2D eigenvalue weighted by atomic mass is 10.1. The second-order valence-electron chi connectivity index (χ2n) is 6.40. The summed E-state index contributed by atoms with van der Waals surface area (Å²) in [5.74, 6) is 0.0176. The molecule has 0 unspecified atom stereocenters. The van der Waals surface area contributed by atoms with Crippen molar-refractivity contribution < 1.29 is 9.59 Å². The number of thiophene rings is 1. The molecule has 0 spiro atoms. The SMILES string of the molecule is Cc1nc(C)c2c(C)c(C(=O)N(C)CC(=O)Nc3c(Cl)cccc3Cl)sc2n1. The zero-order chi connectivity index (χ0) is 20.6. The number of para-hydroxylation sites is 1. The lowest BCUT2D eigenvalue weighted by Gasteiger charge is -2.17. The summed E-state index contributed by atoms with van der Waals surface area (Å²) in [4.78, 5) is 36.8. The van der Waals surface area contributed by atoms with Crippen LogP contribution in [0, 0.1) is 20.8 Å². The number of halogens is 2. The first-order valence-electron chi connectivity index (χ1n) is 8.42. The Morgan fingerprint density at radius 3 is 2.43 bits per heavy atom. The molecule has 0 aliphatic heterocycles. The van der Waals surface area contributed by atoms with Gasteiger partial charge in [0.25, 0.3) is 5.91 Å². The highest BCUT2D eigenvalue weighted by molar-refractivity contribution is 7.20. The molecule has 0 aliphatic carbocycles. The molecule has 146 valence electrons. The summed E-state index contributed by atoms with van der Waals surface area (Å²) in [7, 11) is 1.57. The summed E-state index contributed by atoms with van der Waals surface area (Å²) in [6.45, 7) is 5.45. The van der Waals surface area contributed by atoms with Gasteiger partial charge in [0.05, 0.1) is 27.2 Å². The first kappa shape index (κ1) is 20.5. The normalized spacial score (nSPS) is 10.9. The Labute approximate surface area is 176 Å². The number of benzene rings is 1. The molecule has 3 aromatic rings. The van der Waals surface area contributed by atoms with E-state index < -0.39 is 5.91 Å². The third-order valence-electron chi connectivity index (χ3n) is 4.23. The quantitative estimate of drug-likeness (QED) is 0.646. The summed E-state index contributed by atoms with van der Waals surface area (Å²) in [5, 5.41) is 4.21. The zero-order valence-corrected chi connectivity index (χ0v) is 18.1. The van der Waals surface area contributed by atoms with Gasteiger partial charge in [-0.15, -0.1) is 11.3 Å². The molecule has 6 nitrogen and oxygen atoms in total. The predicted octanol–water partition coefficient (Wildman–Crippen LogP) is 4.63. The molecule has 0 saturated heterocycles. The number of nitrogens with zero attached hydrogens (tertiary/aromatic N) is 3. The third-order valence-corrected chi connectivity index (χ3v) is 6.04. The van der Waals surface area contributed by atoms with Crippen molar-refractivity contribution in [1.29, 1.82) is 0 Å². The lowest BCUT2D eigenvalue weighted by Crippen LogP contribution is -2.34. The minimum Gasteiger partial charge on any atom is -0.332 e. The van der Waals surface area contributed by atoms with Crippen molar-refractivity contribution in [2.45, 2.75) is 20.8 Å². The Bertz CT molecular complexity index is 1080. The van der Waals surface area contributed by atoms with Gasteiger partial charge >= 0.3 is 0 Å². The molecular weight excluding hydrogens is 419 g/mol. The second-order valence-corrected chi connectivity index (χ2v) is 8.21. The molecule has 2 amide bonds. The van der Waals surface area contributed by atoms with E-state index in [0.29, 0.717) is 26.4 Å². The number of hydrogen-bond acceptors (Lipinski definition) is 5. The molecule has 0 radical (unpaired) electrons. The van der Waals surface area contributed by atoms with Crippen molar-refractivity contribution in [3.05, 3.63) is 50.2 Å². The van der Waals surface area contributed by atoms with Crippen molar-refractivity contribution >= 4 is 62.3 Å². The molecule has 0 atom stereocenters. The van der Waals surface area contributed by atoms with Gasteiger partial charge in [0.1, 0.15) is 10.7 Å². The predicted molar refractivity (Wildman–Crippen MR) is 114 cm³/mol. The monoisotopic (exact) mass is 436 g/mol. The topological polar surface area (TPSA) is 75.2 Å². The molecule has 1 aromatic carbocycles. The molecule has 2 aromatic heterocycles. The number of hydrogen-bond donors (Lipinski definition) is 1. The van der Waals surface area contributed by atoms with Crippen LogP contribution < -0.4 is 5.32 Å². The van der Waals surface area contributed by atoms with Crippen LogP contribution in [0.1, 0.15) is 26.8 Å². The van der Waals surface area contributed by atoms with Crippen LogP contribution >= 0.6 is 34.5 Å². The van der Waals surface area contributed by atoms with Crippen molar-refractivity contribution in [3.8, 4) is 0 Å². The lowest BCUT2D eigenvalue weighted by molar-refractivity contribution is -0.116. The molecule has 2 heterocycles. The van der Waals surface area contributed by atoms with E-state index in [9.17, 15) is 9.59 Å². The van der Waals surface area contributed by atoms with Crippen LogP contribution in [-0.2, 0) is 4.79 Å². The Balaban J connectivity index is 1.79. The van der Waals surface area contributed by atoms with E-state index in [1.54, 1.807) is 25.2 Å². The number of anilines is 1. The highest BCUT2D eigenvalue weighted by Gasteiger charge is 2.23. The maximum absolute atomic E-state index is 12.9. The number of carbonyl (C=O) groups is 2. The summed E-state index contributed by atoms with van der Waals surface area (Å²) in [6.07, 6.45) is 0. The first-order valence-corrected chi connectivity index (χ1v) is 10.00. The Hall–Kier alpha value is -2.22. The number of carbonyl (C=O) groups excluding carboxylic acids is 2. The van der Waals surface area contributed by atoms with Crippen LogP contribution in [0.3, 0.4) is 0 Å². The molecule has 0 saturated carbocycles. The highest BCUT2D eigenvalue weighted by atomic mass is 35.5. The third kappa shape index (κ3) is 3.97. The molecule has 28 heavy (non-hydrogen) atoms. The number of aryl methyl sites for hydroxylation is 3. The second kappa shape index (κ2) is 8.03.